The molecule has 1 N–H and O–H groups in total. The number of aromatic carboxylic acids is 1. The van der Waals surface area contributed by atoms with Crippen LogP contribution in [0.15, 0.2) is 42.0 Å². The number of carbonyl (C=O) groups is 1. The van der Waals surface area contributed by atoms with E-state index in [2.05, 4.69) is 27.9 Å². The summed E-state index contributed by atoms with van der Waals surface area (Å²) in [5.74, 6) is -0.909. The van der Waals surface area contributed by atoms with Gasteiger partial charge in [-0.1, -0.05) is 19.4 Å². The van der Waals surface area contributed by atoms with Crippen molar-refractivity contribution in [3.05, 3.63) is 52.5 Å². The molecule has 0 bridgehead atoms. The smallest absolute Gasteiger partial charge is 0.335 e. The number of rotatable bonds is 5. The van der Waals surface area contributed by atoms with Gasteiger partial charge in [-0.25, -0.2) is 9.78 Å². The summed E-state index contributed by atoms with van der Waals surface area (Å²) in [4.78, 5) is 16.9. The van der Waals surface area contributed by atoms with Crippen LogP contribution < -0.4 is 0 Å². The Bertz CT molecular complexity index is 762. The van der Waals surface area contributed by atoms with E-state index in [9.17, 15) is 9.90 Å². The first-order valence-electron chi connectivity index (χ1n) is 6.94. The zero-order valence-corrected chi connectivity index (χ0v) is 12.5. The van der Waals surface area contributed by atoms with E-state index < -0.39 is 5.97 Å². The third-order valence-electron chi connectivity index (χ3n) is 3.59. The van der Waals surface area contributed by atoms with E-state index in [1.165, 1.54) is 4.88 Å². The second-order valence-corrected chi connectivity index (χ2v) is 5.96. The molecule has 4 nitrogen and oxygen atoms in total. The molecule has 2 heterocycles. The number of nitrogens with zero attached hydrogens (tertiary/aromatic N) is 2. The molecule has 0 amide bonds. The van der Waals surface area contributed by atoms with Crippen LogP contribution in [0.3, 0.4) is 0 Å². The first kappa shape index (κ1) is 13.8. The van der Waals surface area contributed by atoms with Crippen molar-refractivity contribution in [3.8, 4) is 0 Å². The maximum atomic E-state index is 11.2. The van der Waals surface area contributed by atoms with Gasteiger partial charge < -0.3 is 9.67 Å². The summed E-state index contributed by atoms with van der Waals surface area (Å²) in [7, 11) is 0. The Labute approximate surface area is 126 Å². The molecular weight excluding hydrogens is 284 g/mol. The fraction of sp³-hybridized carbons (Fsp3) is 0.250. The molecule has 1 aromatic carbocycles. The standard InChI is InChI=1S/C16H16N2O2S/c1-2-4-13(15-5-3-8-21-15)18-10-17-12-7-6-11(16(19)20)9-14(12)18/h3,5-10,13H,2,4H2,1H3,(H,19,20). The van der Waals surface area contributed by atoms with Crippen LogP contribution in [-0.2, 0) is 0 Å². The molecule has 1 atom stereocenters. The van der Waals surface area contributed by atoms with Crippen molar-refractivity contribution in [2.24, 2.45) is 0 Å². The number of thiophene rings is 1. The zero-order valence-electron chi connectivity index (χ0n) is 11.7. The van der Waals surface area contributed by atoms with E-state index in [4.69, 9.17) is 0 Å². The fourth-order valence-electron chi connectivity index (χ4n) is 2.58. The number of hydrogen-bond acceptors (Lipinski definition) is 3. The van der Waals surface area contributed by atoms with E-state index in [1.54, 1.807) is 29.5 Å². The molecule has 0 spiro atoms. The fourth-order valence-corrected chi connectivity index (χ4v) is 3.44. The average molecular weight is 300 g/mol. The van der Waals surface area contributed by atoms with Crippen LogP contribution in [0.25, 0.3) is 11.0 Å². The third-order valence-corrected chi connectivity index (χ3v) is 4.56. The highest BCUT2D eigenvalue weighted by atomic mass is 32.1. The van der Waals surface area contributed by atoms with E-state index in [-0.39, 0.29) is 6.04 Å². The van der Waals surface area contributed by atoms with E-state index in [1.807, 2.05) is 12.4 Å². The number of carboxylic acids is 1. The van der Waals surface area contributed by atoms with Crippen LogP contribution in [0, 0.1) is 0 Å². The molecule has 1 unspecified atom stereocenters. The molecule has 0 saturated carbocycles. The topological polar surface area (TPSA) is 55.1 Å². The summed E-state index contributed by atoms with van der Waals surface area (Å²) in [6, 6.07) is 9.46. The van der Waals surface area contributed by atoms with E-state index >= 15 is 0 Å². The van der Waals surface area contributed by atoms with Gasteiger partial charge >= 0.3 is 5.97 Å². The van der Waals surface area contributed by atoms with Gasteiger partial charge in [-0.3, -0.25) is 0 Å². The molecule has 21 heavy (non-hydrogen) atoms. The Morgan fingerprint density at radius 2 is 2.29 bits per heavy atom. The molecule has 0 aliphatic heterocycles. The van der Waals surface area contributed by atoms with Gasteiger partial charge in [0.1, 0.15) is 0 Å². The molecule has 3 aromatic rings. The summed E-state index contributed by atoms with van der Waals surface area (Å²) in [5.41, 5.74) is 2.00. The number of benzene rings is 1. The Morgan fingerprint density at radius 3 is 2.95 bits per heavy atom. The molecule has 108 valence electrons. The van der Waals surface area contributed by atoms with Gasteiger partial charge in [0.2, 0.25) is 0 Å². The predicted octanol–water partition coefficient (Wildman–Crippen LogP) is 4.19. The first-order chi connectivity index (χ1) is 10.2. The van der Waals surface area contributed by atoms with Crippen LogP contribution >= 0.6 is 11.3 Å². The van der Waals surface area contributed by atoms with Gasteiger partial charge in [0.25, 0.3) is 0 Å². The summed E-state index contributed by atoms with van der Waals surface area (Å²) >= 11 is 1.72. The number of hydrogen-bond donors (Lipinski definition) is 1. The highest BCUT2D eigenvalue weighted by Crippen LogP contribution is 2.30. The maximum absolute atomic E-state index is 11.2. The van der Waals surface area contributed by atoms with Crippen LogP contribution in [0.4, 0.5) is 0 Å². The zero-order chi connectivity index (χ0) is 14.8. The number of fused-ring (bicyclic) bond motifs is 1. The van der Waals surface area contributed by atoms with Gasteiger partial charge in [0, 0.05) is 4.88 Å². The minimum absolute atomic E-state index is 0.212. The van der Waals surface area contributed by atoms with Crippen molar-refractivity contribution < 1.29 is 9.90 Å². The van der Waals surface area contributed by atoms with Gasteiger partial charge in [0.15, 0.2) is 0 Å². The first-order valence-corrected chi connectivity index (χ1v) is 7.82. The highest BCUT2D eigenvalue weighted by molar-refractivity contribution is 7.10. The lowest BCUT2D eigenvalue weighted by Crippen LogP contribution is -2.08. The summed E-state index contributed by atoms with van der Waals surface area (Å²) < 4.78 is 2.09. The van der Waals surface area contributed by atoms with Crippen LogP contribution in [0.1, 0.15) is 41.0 Å². The van der Waals surface area contributed by atoms with Crippen molar-refractivity contribution >= 4 is 28.3 Å². The minimum Gasteiger partial charge on any atom is -0.478 e. The van der Waals surface area contributed by atoms with Crippen LogP contribution in [0.2, 0.25) is 0 Å². The Hall–Kier alpha value is -2.14. The van der Waals surface area contributed by atoms with Gasteiger partial charge in [-0.2, -0.15) is 0 Å². The lowest BCUT2D eigenvalue weighted by atomic mass is 10.1. The molecule has 5 heteroatoms. The van der Waals surface area contributed by atoms with E-state index in [0.29, 0.717) is 5.56 Å². The maximum Gasteiger partial charge on any atom is 0.335 e. The monoisotopic (exact) mass is 300 g/mol. The summed E-state index contributed by atoms with van der Waals surface area (Å²) in [6.45, 7) is 2.16. The lowest BCUT2D eigenvalue weighted by molar-refractivity contribution is 0.0697. The van der Waals surface area contributed by atoms with Gasteiger partial charge in [-0.05, 0) is 36.1 Å². The SMILES string of the molecule is CCCC(c1cccs1)n1cnc2ccc(C(=O)O)cc21. The summed E-state index contributed by atoms with van der Waals surface area (Å²) in [6.07, 6.45) is 3.88. The molecule has 0 saturated heterocycles. The van der Waals surface area contributed by atoms with Crippen LogP contribution in [-0.4, -0.2) is 20.6 Å². The molecule has 3 rings (SSSR count). The average Bonchev–Trinajstić information content (AvgIpc) is 3.14. The van der Waals surface area contributed by atoms with E-state index in [0.717, 1.165) is 23.9 Å². The third kappa shape index (κ3) is 2.56. The summed E-state index contributed by atoms with van der Waals surface area (Å²) in [5, 5.41) is 11.2. The molecule has 0 radical (unpaired) electrons. The quantitative estimate of drug-likeness (QED) is 0.769. The number of imidazole rings is 1. The molecule has 2 aromatic heterocycles. The highest BCUT2D eigenvalue weighted by Gasteiger charge is 2.17. The Balaban J connectivity index is 2.13. The predicted molar refractivity (Wildman–Crippen MR) is 84.1 cm³/mol. The molecular formula is C16H16N2O2S. The van der Waals surface area contributed by atoms with Gasteiger partial charge in [0.05, 0.1) is 29.0 Å². The molecule has 0 aliphatic rings. The number of carboxylic acid groups (broad SMARTS) is 1. The second-order valence-electron chi connectivity index (χ2n) is 4.98. The normalized spacial score (nSPS) is 12.6. The van der Waals surface area contributed by atoms with Crippen molar-refractivity contribution in [3.63, 3.8) is 0 Å². The van der Waals surface area contributed by atoms with Crippen LogP contribution in [0.5, 0.6) is 0 Å². The van der Waals surface area contributed by atoms with Crippen molar-refractivity contribution in [1.29, 1.82) is 0 Å². The van der Waals surface area contributed by atoms with Crippen molar-refractivity contribution in [2.75, 3.05) is 0 Å². The van der Waals surface area contributed by atoms with Gasteiger partial charge in [-0.15, -0.1) is 11.3 Å². The van der Waals surface area contributed by atoms with Crippen molar-refractivity contribution in [1.82, 2.24) is 9.55 Å². The molecule has 0 fully saturated rings. The lowest BCUT2D eigenvalue weighted by Gasteiger charge is -2.17. The van der Waals surface area contributed by atoms with Crippen molar-refractivity contribution in [2.45, 2.75) is 25.8 Å². The Kier molecular flexibility index (Phi) is 3.75. The number of aromatic nitrogens is 2. The minimum atomic E-state index is -0.909. The second kappa shape index (κ2) is 5.69. The largest absolute Gasteiger partial charge is 0.478 e. The molecule has 0 aliphatic carbocycles. The Morgan fingerprint density at radius 1 is 1.43 bits per heavy atom.